The summed E-state index contributed by atoms with van der Waals surface area (Å²) in [5, 5.41) is 8.99. The normalized spacial score (nSPS) is 16.3. The highest BCUT2D eigenvalue weighted by atomic mass is 32.2. The van der Waals surface area contributed by atoms with E-state index in [0.29, 0.717) is 38.3 Å². The van der Waals surface area contributed by atoms with Crippen molar-refractivity contribution in [2.24, 2.45) is 5.73 Å². The van der Waals surface area contributed by atoms with Gasteiger partial charge in [-0.3, -0.25) is 9.69 Å². The molecule has 0 radical (unpaired) electrons. The van der Waals surface area contributed by atoms with Crippen molar-refractivity contribution in [1.82, 2.24) is 9.21 Å². The van der Waals surface area contributed by atoms with E-state index in [4.69, 9.17) is 10.8 Å². The first kappa shape index (κ1) is 19.5. The first-order valence-electron chi connectivity index (χ1n) is 8.75. The maximum atomic E-state index is 12.8. The lowest BCUT2D eigenvalue weighted by Crippen LogP contribution is -2.49. The SMILES string of the molecule is NC(=O)c1cccc(-c2ccc(S(=O)(=O)N3CCN(CCO)CC3)cc2)c1. The Labute approximate surface area is 159 Å². The van der Waals surface area contributed by atoms with Crippen LogP contribution in [-0.2, 0) is 10.0 Å². The van der Waals surface area contributed by atoms with E-state index < -0.39 is 15.9 Å². The number of hydrogen-bond donors (Lipinski definition) is 2. The summed E-state index contributed by atoms with van der Waals surface area (Å²) in [6.07, 6.45) is 0. The second kappa shape index (κ2) is 8.18. The van der Waals surface area contributed by atoms with Crippen LogP contribution in [0.15, 0.2) is 53.4 Å². The number of β-amino-alcohol motifs (C(OH)–C–C–N with tert-alkyl or cyclic N) is 1. The molecule has 0 atom stereocenters. The van der Waals surface area contributed by atoms with Crippen LogP contribution in [0, 0.1) is 0 Å². The Balaban J connectivity index is 1.77. The zero-order valence-corrected chi connectivity index (χ0v) is 15.7. The number of sulfonamides is 1. The van der Waals surface area contributed by atoms with Gasteiger partial charge >= 0.3 is 0 Å². The van der Waals surface area contributed by atoms with Crippen molar-refractivity contribution in [3.05, 3.63) is 54.1 Å². The standard InChI is InChI=1S/C19H23N3O4S/c20-19(24)17-3-1-2-16(14-17)15-4-6-18(7-5-15)27(25,26)22-10-8-21(9-11-22)12-13-23/h1-7,14,23H,8-13H2,(H2,20,24). The largest absolute Gasteiger partial charge is 0.395 e. The fourth-order valence-electron chi connectivity index (χ4n) is 3.16. The Morgan fingerprint density at radius 3 is 2.26 bits per heavy atom. The number of piperazine rings is 1. The maximum Gasteiger partial charge on any atom is 0.248 e. The van der Waals surface area contributed by atoms with Crippen molar-refractivity contribution in [3.63, 3.8) is 0 Å². The highest BCUT2D eigenvalue weighted by molar-refractivity contribution is 7.89. The summed E-state index contributed by atoms with van der Waals surface area (Å²) < 4.78 is 27.2. The summed E-state index contributed by atoms with van der Waals surface area (Å²) in [5.74, 6) is -0.503. The average molecular weight is 389 g/mol. The van der Waals surface area contributed by atoms with Gasteiger partial charge in [0.05, 0.1) is 11.5 Å². The first-order valence-corrected chi connectivity index (χ1v) is 10.2. The molecule has 3 N–H and O–H groups in total. The highest BCUT2D eigenvalue weighted by Gasteiger charge is 2.28. The fraction of sp³-hybridized carbons (Fsp3) is 0.316. The smallest absolute Gasteiger partial charge is 0.248 e. The molecule has 8 heteroatoms. The molecular weight excluding hydrogens is 366 g/mol. The van der Waals surface area contributed by atoms with Crippen LogP contribution in [0.2, 0.25) is 0 Å². The fourth-order valence-corrected chi connectivity index (χ4v) is 4.58. The Hall–Kier alpha value is -2.26. The number of benzene rings is 2. The van der Waals surface area contributed by atoms with Gasteiger partial charge in [0.2, 0.25) is 15.9 Å². The van der Waals surface area contributed by atoms with Gasteiger partial charge in [0.25, 0.3) is 0 Å². The van der Waals surface area contributed by atoms with Crippen molar-refractivity contribution in [3.8, 4) is 11.1 Å². The van der Waals surface area contributed by atoms with Crippen molar-refractivity contribution in [2.45, 2.75) is 4.90 Å². The topological polar surface area (TPSA) is 104 Å². The van der Waals surface area contributed by atoms with Gasteiger partial charge in [0.1, 0.15) is 0 Å². The van der Waals surface area contributed by atoms with Crippen LogP contribution >= 0.6 is 0 Å². The van der Waals surface area contributed by atoms with Gasteiger partial charge in [0.15, 0.2) is 0 Å². The van der Waals surface area contributed by atoms with Crippen LogP contribution in [0.1, 0.15) is 10.4 Å². The molecule has 1 heterocycles. The molecule has 1 fully saturated rings. The highest BCUT2D eigenvalue weighted by Crippen LogP contribution is 2.24. The molecule has 0 unspecified atom stereocenters. The van der Waals surface area contributed by atoms with Crippen molar-refractivity contribution in [2.75, 3.05) is 39.3 Å². The third-order valence-electron chi connectivity index (χ3n) is 4.72. The molecule has 1 saturated heterocycles. The molecule has 2 aromatic carbocycles. The average Bonchev–Trinajstić information content (AvgIpc) is 2.69. The van der Waals surface area contributed by atoms with E-state index in [2.05, 4.69) is 0 Å². The lowest BCUT2D eigenvalue weighted by atomic mass is 10.0. The summed E-state index contributed by atoms with van der Waals surface area (Å²) in [4.78, 5) is 13.6. The number of nitrogens with two attached hydrogens (primary N) is 1. The molecule has 0 spiro atoms. The molecule has 1 amide bonds. The summed E-state index contributed by atoms with van der Waals surface area (Å²) in [6.45, 7) is 2.67. The van der Waals surface area contributed by atoms with E-state index in [1.165, 1.54) is 4.31 Å². The summed E-state index contributed by atoms with van der Waals surface area (Å²) in [5.41, 5.74) is 7.33. The minimum absolute atomic E-state index is 0.0746. The van der Waals surface area contributed by atoms with Gasteiger partial charge in [-0.25, -0.2) is 8.42 Å². The third-order valence-corrected chi connectivity index (χ3v) is 6.63. The predicted molar refractivity (Wildman–Crippen MR) is 103 cm³/mol. The molecule has 7 nitrogen and oxygen atoms in total. The van der Waals surface area contributed by atoms with Crippen LogP contribution in [0.5, 0.6) is 0 Å². The summed E-state index contributed by atoms with van der Waals surface area (Å²) >= 11 is 0. The van der Waals surface area contributed by atoms with E-state index in [1.54, 1.807) is 42.5 Å². The number of aliphatic hydroxyl groups is 1. The molecule has 0 aliphatic carbocycles. The number of hydrogen-bond acceptors (Lipinski definition) is 5. The second-order valence-corrected chi connectivity index (χ2v) is 8.38. The van der Waals surface area contributed by atoms with E-state index >= 15 is 0 Å². The molecule has 2 aromatic rings. The molecule has 3 rings (SSSR count). The van der Waals surface area contributed by atoms with Crippen LogP contribution < -0.4 is 5.73 Å². The van der Waals surface area contributed by atoms with Crippen LogP contribution in [0.3, 0.4) is 0 Å². The first-order chi connectivity index (χ1) is 12.9. The minimum atomic E-state index is -3.55. The van der Waals surface area contributed by atoms with Crippen molar-refractivity contribution < 1.29 is 18.3 Å². The summed E-state index contributed by atoms with van der Waals surface area (Å²) in [7, 11) is -3.55. The quantitative estimate of drug-likeness (QED) is 0.759. The summed E-state index contributed by atoms with van der Waals surface area (Å²) in [6, 6.07) is 13.5. The van der Waals surface area contributed by atoms with Gasteiger partial charge < -0.3 is 10.8 Å². The number of amides is 1. The lowest BCUT2D eigenvalue weighted by Gasteiger charge is -2.33. The second-order valence-electron chi connectivity index (χ2n) is 6.44. The number of primary amides is 1. The Morgan fingerprint density at radius 1 is 1.00 bits per heavy atom. The zero-order valence-electron chi connectivity index (χ0n) is 14.9. The number of nitrogens with zero attached hydrogens (tertiary/aromatic N) is 2. The Bertz CT molecular complexity index is 905. The molecular formula is C19H23N3O4S. The van der Waals surface area contributed by atoms with Gasteiger partial charge in [-0.1, -0.05) is 24.3 Å². The number of carbonyl (C=O) groups excluding carboxylic acids is 1. The molecule has 0 saturated carbocycles. The monoisotopic (exact) mass is 389 g/mol. The molecule has 144 valence electrons. The molecule has 1 aliphatic rings. The van der Waals surface area contributed by atoms with Gasteiger partial charge in [0, 0.05) is 38.3 Å². The predicted octanol–water partition coefficient (Wildman–Crippen LogP) is 0.751. The van der Waals surface area contributed by atoms with Gasteiger partial charge in [-0.15, -0.1) is 0 Å². The Kier molecular flexibility index (Phi) is 5.91. The lowest BCUT2D eigenvalue weighted by molar-refractivity contribution is 0.100. The van der Waals surface area contributed by atoms with E-state index in [-0.39, 0.29) is 11.5 Å². The van der Waals surface area contributed by atoms with E-state index in [0.717, 1.165) is 11.1 Å². The van der Waals surface area contributed by atoms with E-state index in [1.807, 2.05) is 11.0 Å². The van der Waals surface area contributed by atoms with Crippen LogP contribution in [-0.4, -0.2) is 68.0 Å². The molecule has 0 bridgehead atoms. The molecule has 1 aliphatic heterocycles. The van der Waals surface area contributed by atoms with E-state index in [9.17, 15) is 13.2 Å². The van der Waals surface area contributed by atoms with Gasteiger partial charge in [-0.2, -0.15) is 4.31 Å². The van der Waals surface area contributed by atoms with Crippen LogP contribution in [0.4, 0.5) is 0 Å². The van der Waals surface area contributed by atoms with Crippen molar-refractivity contribution in [1.29, 1.82) is 0 Å². The van der Waals surface area contributed by atoms with Crippen molar-refractivity contribution >= 4 is 15.9 Å². The molecule has 0 aromatic heterocycles. The number of aliphatic hydroxyl groups excluding tert-OH is 1. The number of rotatable bonds is 6. The zero-order chi connectivity index (χ0) is 19.4. The maximum absolute atomic E-state index is 12.8. The third kappa shape index (κ3) is 4.36. The minimum Gasteiger partial charge on any atom is -0.395 e. The Morgan fingerprint density at radius 2 is 1.67 bits per heavy atom. The van der Waals surface area contributed by atoms with Crippen LogP contribution in [0.25, 0.3) is 11.1 Å². The van der Waals surface area contributed by atoms with Gasteiger partial charge in [-0.05, 0) is 35.4 Å². The molecule has 27 heavy (non-hydrogen) atoms. The number of carbonyl (C=O) groups is 1.